The minimum absolute atomic E-state index is 0.0432. The van der Waals surface area contributed by atoms with E-state index in [9.17, 15) is 18.0 Å². The van der Waals surface area contributed by atoms with Gasteiger partial charge in [-0.3, -0.25) is 9.59 Å². The highest BCUT2D eigenvalue weighted by Gasteiger charge is 2.39. The van der Waals surface area contributed by atoms with E-state index < -0.39 is 10.2 Å². The quantitative estimate of drug-likeness (QED) is 0.287. The van der Waals surface area contributed by atoms with Crippen molar-refractivity contribution in [3.63, 3.8) is 0 Å². The molecule has 2 aliphatic rings. The van der Waals surface area contributed by atoms with Gasteiger partial charge in [-0.25, -0.2) is 0 Å². The number of nitrogens with zero attached hydrogens (tertiary/aromatic N) is 2. The number of hydrogen-bond donors (Lipinski definition) is 2. The standard InChI is InChI=1S/C24H46N4O4S3/c1-3-15-33-17-7-11-25-23(29)21-9-5-13-27(19-21)35(31,32)28-14-6-10-22(20-28)24(30)26-12-8-18-34-16-4-2/h21-22H,3-20H2,1-2H3,(H,25,29)(H,26,30). The molecule has 0 aliphatic carbocycles. The molecule has 2 unspecified atom stereocenters. The van der Waals surface area contributed by atoms with Crippen molar-refractivity contribution >= 4 is 45.5 Å². The van der Waals surface area contributed by atoms with Crippen LogP contribution in [0.25, 0.3) is 0 Å². The highest BCUT2D eigenvalue weighted by molar-refractivity contribution is 7.99. The first-order chi connectivity index (χ1) is 16.9. The van der Waals surface area contributed by atoms with Crippen molar-refractivity contribution in [1.29, 1.82) is 0 Å². The predicted molar refractivity (Wildman–Crippen MR) is 148 cm³/mol. The molecule has 2 saturated heterocycles. The van der Waals surface area contributed by atoms with Crippen molar-refractivity contribution in [2.24, 2.45) is 11.8 Å². The average Bonchev–Trinajstić information content (AvgIpc) is 2.88. The van der Waals surface area contributed by atoms with Crippen molar-refractivity contribution in [2.75, 3.05) is 62.3 Å². The van der Waals surface area contributed by atoms with Crippen LogP contribution in [0.4, 0.5) is 0 Å². The lowest BCUT2D eigenvalue weighted by Gasteiger charge is -2.38. The van der Waals surface area contributed by atoms with Crippen molar-refractivity contribution in [1.82, 2.24) is 19.2 Å². The zero-order chi connectivity index (χ0) is 25.5. The van der Waals surface area contributed by atoms with Crippen molar-refractivity contribution in [3.05, 3.63) is 0 Å². The molecule has 0 aromatic rings. The second kappa shape index (κ2) is 17.1. The molecule has 8 nitrogen and oxygen atoms in total. The number of carbonyl (C=O) groups excluding carboxylic acids is 2. The molecule has 2 aliphatic heterocycles. The number of thioether (sulfide) groups is 2. The molecule has 0 radical (unpaired) electrons. The van der Waals surface area contributed by atoms with Gasteiger partial charge in [-0.05, 0) is 74.4 Å². The molecule has 0 bridgehead atoms. The Bertz CT molecular complexity index is 684. The molecular weight excluding hydrogens is 504 g/mol. The number of carbonyl (C=O) groups is 2. The van der Waals surface area contributed by atoms with Crippen LogP contribution >= 0.6 is 23.5 Å². The van der Waals surface area contributed by atoms with E-state index in [1.165, 1.54) is 8.61 Å². The fourth-order valence-corrected chi connectivity index (χ4v) is 7.91. The van der Waals surface area contributed by atoms with Gasteiger partial charge in [0.2, 0.25) is 11.8 Å². The average molecular weight is 551 g/mol. The molecule has 11 heteroatoms. The molecule has 2 amide bonds. The normalized spacial score (nSPS) is 22.1. The molecule has 204 valence electrons. The van der Waals surface area contributed by atoms with Gasteiger partial charge in [0.1, 0.15) is 0 Å². The molecule has 2 fully saturated rings. The van der Waals surface area contributed by atoms with Crippen molar-refractivity contribution < 1.29 is 18.0 Å². The van der Waals surface area contributed by atoms with E-state index >= 15 is 0 Å². The van der Waals surface area contributed by atoms with Gasteiger partial charge in [0.25, 0.3) is 10.2 Å². The Morgan fingerprint density at radius 2 is 1.20 bits per heavy atom. The van der Waals surface area contributed by atoms with E-state index in [1.54, 1.807) is 0 Å². The molecule has 2 heterocycles. The van der Waals surface area contributed by atoms with Crippen LogP contribution < -0.4 is 10.6 Å². The van der Waals surface area contributed by atoms with Crippen LogP contribution in [0, 0.1) is 11.8 Å². The minimum atomic E-state index is -3.69. The van der Waals surface area contributed by atoms with Crippen LogP contribution in [-0.4, -0.2) is 91.1 Å². The summed E-state index contributed by atoms with van der Waals surface area (Å²) in [5.74, 6) is 3.63. The molecule has 35 heavy (non-hydrogen) atoms. The minimum Gasteiger partial charge on any atom is -0.356 e. The predicted octanol–water partition coefficient (Wildman–Crippen LogP) is 2.95. The molecule has 0 aromatic heterocycles. The summed E-state index contributed by atoms with van der Waals surface area (Å²) in [6, 6.07) is 0. The van der Waals surface area contributed by atoms with Gasteiger partial charge in [0.15, 0.2) is 0 Å². The van der Waals surface area contributed by atoms with Gasteiger partial charge in [-0.15, -0.1) is 0 Å². The van der Waals surface area contributed by atoms with Gasteiger partial charge in [-0.2, -0.15) is 40.6 Å². The Morgan fingerprint density at radius 1 is 0.771 bits per heavy atom. The first-order valence-electron chi connectivity index (χ1n) is 13.4. The largest absolute Gasteiger partial charge is 0.356 e. The molecule has 0 saturated carbocycles. The number of rotatable bonds is 16. The van der Waals surface area contributed by atoms with Gasteiger partial charge < -0.3 is 10.6 Å². The molecule has 2 N–H and O–H groups in total. The maximum atomic E-state index is 13.4. The Hall–Kier alpha value is -0.490. The van der Waals surface area contributed by atoms with Crippen LogP contribution in [0.15, 0.2) is 0 Å². The van der Waals surface area contributed by atoms with E-state index in [0.717, 1.165) is 48.7 Å². The number of nitrogens with one attached hydrogen (secondary N) is 2. The fourth-order valence-electron chi connectivity index (χ4n) is 4.45. The Labute approximate surface area is 221 Å². The molecule has 0 aromatic carbocycles. The summed E-state index contributed by atoms with van der Waals surface area (Å²) in [6.45, 7) is 6.91. The summed E-state index contributed by atoms with van der Waals surface area (Å²) in [5, 5.41) is 5.99. The van der Waals surface area contributed by atoms with Gasteiger partial charge in [-0.1, -0.05) is 13.8 Å². The summed E-state index contributed by atoms with van der Waals surface area (Å²) >= 11 is 3.79. The highest BCUT2D eigenvalue weighted by atomic mass is 32.2. The monoisotopic (exact) mass is 550 g/mol. The molecule has 2 atom stereocenters. The first kappa shape index (κ1) is 30.7. The summed E-state index contributed by atoms with van der Waals surface area (Å²) in [7, 11) is -3.69. The van der Waals surface area contributed by atoms with Crippen molar-refractivity contribution in [2.45, 2.75) is 65.2 Å². The van der Waals surface area contributed by atoms with Crippen LogP contribution in [0.3, 0.4) is 0 Å². The second-order valence-corrected chi connectivity index (χ2v) is 13.8. The third-order valence-corrected chi connectivity index (χ3v) is 10.9. The summed E-state index contributed by atoms with van der Waals surface area (Å²) in [6.07, 6.45) is 6.96. The fraction of sp³-hybridized carbons (Fsp3) is 0.917. The van der Waals surface area contributed by atoms with Crippen LogP contribution in [0.2, 0.25) is 0 Å². The lowest BCUT2D eigenvalue weighted by molar-refractivity contribution is -0.126. The Kier molecular flexibility index (Phi) is 15.0. The van der Waals surface area contributed by atoms with Gasteiger partial charge >= 0.3 is 0 Å². The van der Waals surface area contributed by atoms with Crippen LogP contribution in [0.5, 0.6) is 0 Å². The van der Waals surface area contributed by atoms with E-state index in [0.29, 0.717) is 51.9 Å². The van der Waals surface area contributed by atoms with E-state index in [2.05, 4.69) is 24.5 Å². The number of piperidine rings is 2. The SMILES string of the molecule is CCCSCCCNC(=O)C1CCCN(S(=O)(=O)N2CCCC(C(=O)NCCCSCCC)C2)C1. The van der Waals surface area contributed by atoms with Gasteiger partial charge in [0, 0.05) is 39.3 Å². The topological polar surface area (TPSA) is 98.8 Å². The maximum Gasteiger partial charge on any atom is 0.282 e. The third kappa shape index (κ3) is 10.8. The maximum absolute atomic E-state index is 13.4. The lowest BCUT2D eigenvalue weighted by atomic mass is 9.99. The summed E-state index contributed by atoms with van der Waals surface area (Å²) < 4.78 is 29.7. The van der Waals surface area contributed by atoms with Crippen LogP contribution in [-0.2, 0) is 19.8 Å². The van der Waals surface area contributed by atoms with Gasteiger partial charge in [0.05, 0.1) is 11.8 Å². The number of amides is 2. The summed E-state index contributed by atoms with van der Waals surface area (Å²) in [4.78, 5) is 25.3. The zero-order valence-corrected chi connectivity index (χ0v) is 24.1. The lowest BCUT2D eigenvalue weighted by Crippen LogP contribution is -2.54. The van der Waals surface area contributed by atoms with E-state index in [4.69, 9.17) is 0 Å². The number of hydrogen-bond acceptors (Lipinski definition) is 6. The summed E-state index contributed by atoms with van der Waals surface area (Å²) in [5.41, 5.74) is 0. The molecule has 2 rings (SSSR count). The van der Waals surface area contributed by atoms with E-state index in [-0.39, 0.29) is 36.7 Å². The Morgan fingerprint density at radius 3 is 1.60 bits per heavy atom. The van der Waals surface area contributed by atoms with E-state index in [1.807, 2.05) is 23.5 Å². The Balaban J connectivity index is 1.80. The smallest absolute Gasteiger partial charge is 0.282 e. The van der Waals surface area contributed by atoms with Crippen LogP contribution in [0.1, 0.15) is 65.2 Å². The van der Waals surface area contributed by atoms with Crippen molar-refractivity contribution in [3.8, 4) is 0 Å². The zero-order valence-electron chi connectivity index (χ0n) is 21.6. The first-order valence-corrected chi connectivity index (χ1v) is 17.1. The third-order valence-electron chi connectivity index (χ3n) is 6.39. The highest BCUT2D eigenvalue weighted by Crippen LogP contribution is 2.25. The second-order valence-electron chi connectivity index (χ2n) is 9.42. The molecular formula is C24H46N4O4S3. The molecule has 0 spiro atoms.